The third-order valence-corrected chi connectivity index (χ3v) is 2.35. The molecule has 66 valence electrons. The van der Waals surface area contributed by atoms with Gasteiger partial charge in [-0.1, -0.05) is 0 Å². The second kappa shape index (κ2) is 3.25. The van der Waals surface area contributed by atoms with E-state index in [9.17, 15) is 0 Å². The highest BCUT2D eigenvalue weighted by molar-refractivity contribution is 5.14. The molecule has 0 radical (unpaired) electrons. The number of aromatic nitrogens is 2. The largest absolute Gasteiger partial charge is 0.325 e. The van der Waals surface area contributed by atoms with Crippen molar-refractivity contribution in [3.05, 3.63) is 17.5 Å². The smallest absolute Gasteiger partial charge is 0.0669 e. The van der Waals surface area contributed by atoms with Crippen molar-refractivity contribution in [2.24, 2.45) is 5.73 Å². The van der Waals surface area contributed by atoms with E-state index in [0.717, 1.165) is 24.5 Å². The monoisotopic (exact) mass is 166 g/mol. The summed E-state index contributed by atoms with van der Waals surface area (Å²) < 4.78 is 0. The molecule has 12 heavy (non-hydrogen) atoms. The summed E-state index contributed by atoms with van der Waals surface area (Å²) in [5.41, 5.74) is 7.65. The Hall–Kier alpha value is -0.870. The van der Waals surface area contributed by atoms with Crippen molar-refractivity contribution < 1.29 is 0 Å². The molecule has 1 aromatic rings. The van der Waals surface area contributed by atoms with E-state index in [2.05, 4.69) is 21.6 Å². The van der Waals surface area contributed by atoms with Gasteiger partial charge in [0.15, 0.2) is 0 Å². The highest BCUT2D eigenvalue weighted by atomic mass is 15.1. The number of nitrogens with zero attached hydrogens (tertiary/aromatic N) is 1. The molecule has 0 bridgehead atoms. The van der Waals surface area contributed by atoms with Crippen LogP contribution in [0.4, 0.5) is 0 Å². The predicted octanol–water partition coefficient (Wildman–Crippen LogP) is -0.0547. The van der Waals surface area contributed by atoms with Gasteiger partial charge in [0.05, 0.1) is 5.69 Å². The van der Waals surface area contributed by atoms with Crippen LogP contribution >= 0.6 is 0 Å². The van der Waals surface area contributed by atoms with E-state index >= 15 is 0 Å². The van der Waals surface area contributed by atoms with Crippen LogP contribution in [-0.4, -0.2) is 23.3 Å². The van der Waals surface area contributed by atoms with Crippen molar-refractivity contribution in [1.82, 2.24) is 15.5 Å². The molecule has 2 rings (SSSR count). The first-order valence-corrected chi connectivity index (χ1v) is 4.35. The first-order valence-electron chi connectivity index (χ1n) is 4.35. The maximum Gasteiger partial charge on any atom is 0.0669 e. The van der Waals surface area contributed by atoms with Crippen molar-refractivity contribution in [3.63, 3.8) is 0 Å². The Kier molecular flexibility index (Phi) is 2.10. The molecule has 0 amide bonds. The zero-order valence-corrected chi connectivity index (χ0v) is 7.01. The van der Waals surface area contributed by atoms with Gasteiger partial charge in [-0.15, -0.1) is 0 Å². The lowest BCUT2D eigenvalue weighted by Crippen LogP contribution is -2.08. The van der Waals surface area contributed by atoms with Gasteiger partial charge in [-0.3, -0.25) is 5.10 Å². The van der Waals surface area contributed by atoms with Gasteiger partial charge < -0.3 is 11.1 Å². The van der Waals surface area contributed by atoms with Crippen molar-refractivity contribution in [1.29, 1.82) is 0 Å². The number of nitrogens with one attached hydrogen (secondary N) is 2. The summed E-state index contributed by atoms with van der Waals surface area (Å²) in [5, 5.41) is 10.5. The third kappa shape index (κ3) is 1.35. The average Bonchev–Trinajstić information content (AvgIpc) is 2.75. The Bertz CT molecular complexity index is 249. The Labute approximate surface area is 71.5 Å². The molecule has 4 nitrogen and oxygen atoms in total. The van der Waals surface area contributed by atoms with E-state index in [-0.39, 0.29) is 0 Å². The van der Waals surface area contributed by atoms with E-state index in [0.29, 0.717) is 12.5 Å². The lowest BCUT2D eigenvalue weighted by Gasteiger charge is -2.01. The number of H-pyrrole nitrogens is 1. The standard InChI is InChI=1S/C8H14N4/c9-4-7-3-8(12-11-7)6-1-2-10-5-6/h3,6,10H,1-2,4-5,9H2,(H,11,12). The quantitative estimate of drug-likeness (QED) is 0.577. The van der Waals surface area contributed by atoms with Gasteiger partial charge in [-0.05, 0) is 19.0 Å². The molecule has 1 aromatic heterocycles. The normalized spacial score (nSPS) is 23.2. The second-order valence-electron chi connectivity index (χ2n) is 3.21. The molecule has 4 N–H and O–H groups in total. The molecule has 1 aliphatic heterocycles. The summed E-state index contributed by atoms with van der Waals surface area (Å²) in [7, 11) is 0. The van der Waals surface area contributed by atoms with Gasteiger partial charge in [-0.25, -0.2) is 0 Å². The molecular weight excluding hydrogens is 152 g/mol. The SMILES string of the molecule is NCc1cc(C2CCNC2)n[nH]1. The molecule has 2 heterocycles. The minimum atomic E-state index is 0.549. The van der Waals surface area contributed by atoms with Crippen LogP contribution in [0, 0.1) is 0 Å². The molecule has 1 saturated heterocycles. The van der Waals surface area contributed by atoms with Crippen LogP contribution in [0.1, 0.15) is 23.7 Å². The molecule has 0 saturated carbocycles. The number of aromatic amines is 1. The molecule has 1 unspecified atom stereocenters. The van der Waals surface area contributed by atoms with Crippen LogP contribution < -0.4 is 11.1 Å². The van der Waals surface area contributed by atoms with Crippen LogP contribution in [0.25, 0.3) is 0 Å². The van der Waals surface area contributed by atoms with Gasteiger partial charge in [0, 0.05) is 24.7 Å². The number of nitrogens with two attached hydrogens (primary N) is 1. The third-order valence-electron chi connectivity index (χ3n) is 2.35. The minimum Gasteiger partial charge on any atom is -0.325 e. The van der Waals surface area contributed by atoms with Crippen molar-refractivity contribution >= 4 is 0 Å². The van der Waals surface area contributed by atoms with Gasteiger partial charge in [0.2, 0.25) is 0 Å². The van der Waals surface area contributed by atoms with E-state index < -0.39 is 0 Å². The highest BCUT2D eigenvalue weighted by Crippen LogP contribution is 2.20. The van der Waals surface area contributed by atoms with Gasteiger partial charge in [0.25, 0.3) is 0 Å². The summed E-state index contributed by atoms with van der Waals surface area (Å²) >= 11 is 0. The van der Waals surface area contributed by atoms with Gasteiger partial charge >= 0.3 is 0 Å². The zero-order valence-electron chi connectivity index (χ0n) is 7.01. The lowest BCUT2D eigenvalue weighted by molar-refractivity contribution is 0.728. The predicted molar refractivity (Wildman–Crippen MR) is 46.7 cm³/mol. The average molecular weight is 166 g/mol. The molecule has 0 aliphatic carbocycles. The molecule has 1 aliphatic rings. The molecule has 4 heteroatoms. The number of rotatable bonds is 2. The molecule has 1 atom stereocenters. The molecular formula is C8H14N4. The van der Waals surface area contributed by atoms with E-state index in [1.165, 1.54) is 6.42 Å². The summed E-state index contributed by atoms with van der Waals surface area (Å²) in [5.74, 6) is 0.585. The van der Waals surface area contributed by atoms with Crippen LogP contribution in [0.5, 0.6) is 0 Å². The Balaban J connectivity index is 2.11. The van der Waals surface area contributed by atoms with Crippen LogP contribution in [0.15, 0.2) is 6.07 Å². The fourth-order valence-electron chi connectivity index (χ4n) is 1.60. The fraction of sp³-hybridized carbons (Fsp3) is 0.625. The summed E-state index contributed by atoms with van der Waals surface area (Å²) in [6.45, 7) is 2.71. The van der Waals surface area contributed by atoms with Crippen molar-refractivity contribution in [3.8, 4) is 0 Å². The first-order chi connectivity index (χ1) is 5.90. The van der Waals surface area contributed by atoms with E-state index in [1.807, 2.05) is 0 Å². The van der Waals surface area contributed by atoms with Crippen LogP contribution in [0.2, 0.25) is 0 Å². The van der Waals surface area contributed by atoms with Gasteiger partial charge in [-0.2, -0.15) is 5.10 Å². The van der Waals surface area contributed by atoms with Crippen molar-refractivity contribution in [2.75, 3.05) is 13.1 Å². The molecule has 1 fully saturated rings. The Morgan fingerprint density at radius 3 is 3.17 bits per heavy atom. The summed E-state index contributed by atoms with van der Waals surface area (Å²) in [6.07, 6.45) is 1.19. The van der Waals surface area contributed by atoms with Crippen LogP contribution in [-0.2, 0) is 6.54 Å². The first kappa shape index (κ1) is 7.76. The van der Waals surface area contributed by atoms with Gasteiger partial charge in [0.1, 0.15) is 0 Å². The highest BCUT2D eigenvalue weighted by Gasteiger charge is 2.18. The van der Waals surface area contributed by atoms with Crippen molar-refractivity contribution in [2.45, 2.75) is 18.9 Å². The lowest BCUT2D eigenvalue weighted by atomic mass is 10.1. The molecule has 0 aromatic carbocycles. The molecule has 0 spiro atoms. The Morgan fingerprint density at radius 1 is 1.67 bits per heavy atom. The van der Waals surface area contributed by atoms with E-state index in [4.69, 9.17) is 5.73 Å². The topological polar surface area (TPSA) is 66.7 Å². The number of hydrogen-bond donors (Lipinski definition) is 3. The second-order valence-corrected chi connectivity index (χ2v) is 3.21. The summed E-state index contributed by atoms with van der Waals surface area (Å²) in [6, 6.07) is 2.07. The Morgan fingerprint density at radius 2 is 2.58 bits per heavy atom. The maximum absolute atomic E-state index is 5.47. The minimum absolute atomic E-state index is 0.549. The van der Waals surface area contributed by atoms with E-state index in [1.54, 1.807) is 0 Å². The van der Waals surface area contributed by atoms with Crippen LogP contribution in [0.3, 0.4) is 0 Å². The zero-order chi connectivity index (χ0) is 8.39. The maximum atomic E-state index is 5.47. The summed E-state index contributed by atoms with van der Waals surface area (Å²) in [4.78, 5) is 0. The number of hydrogen-bond acceptors (Lipinski definition) is 3. The fourth-order valence-corrected chi connectivity index (χ4v) is 1.60.